The normalized spacial score (nSPS) is 25.1. The number of rotatable bonds is 4. The van der Waals surface area contributed by atoms with Crippen LogP contribution in [-0.2, 0) is 4.79 Å². The molecule has 2 heterocycles. The minimum atomic E-state index is -0.729. The Balaban J connectivity index is 1.88. The van der Waals surface area contributed by atoms with E-state index in [0.29, 0.717) is 16.6 Å². The molecule has 1 aliphatic heterocycles. The molecule has 2 rings (SSSR count). The summed E-state index contributed by atoms with van der Waals surface area (Å²) in [6, 6.07) is 3.67. The van der Waals surface area contributed by atoms with Crippen molar-refractivity contribution in [1.29, 1.82) is 0 Å². The van der Waals surface area contributed by atoms with Crippen molar-refractivity contribution in [2.45, 2.75) is 24.9 Å². The average Bonchev–Trinajstić information content (AvgIpc) is 2.95. The smallest absolute Gasteiger partial charge is 0.228 e. The van der Waals surface area contributed by atoms with E-state index in [1.807, 2.05) is 13.0 Å². The number of nitrogens with one attached hydrogen (secondary N) is 1. The van der Waals surface area contributed by atoms with Gasteiger partial charge in [-0.25, -0.2) is 0 Å². The van der Waals surface area contributed by atoms with Crippen LogP contribution < -0.4 is 5.32 Å². The molecule has 1 aromatic heterocycles. The maximum Gasteiger partial charge on any atom is 0.228 e. The van der Waals surface area contributed by atoms with Gasteiger partial charge in [-0.05, 0) is 31.2 Å². The van der Waals surface area contributed by atoms with E-state index >= 15 is 0 Å². The fourth-order valence-electron chi connectivity index (χ4n) is 1.83. The largest absolute Gasteiger partial charge is 0.387 e. The zero-order valence-corrected chi connectivity index (χ0v) is 12.5. The van der Waals surface area contributed by atoms with Gasteiger partial charge in [0.25, 0.3) is 0 Å². The zero-order valence-electron chi connectivity index (χ0n) is 10.1. The van der Waals surface area contributed by atoms with Crippen LogP contribution in [0.5, 0.6) is 0 Å². The van der Waals surface area contributed by atoms with Crippen molar-refractivity contribution in [3.8, 4) is 0 Å². The number of thioether (sulfide) groups is 1. The van der Waals surface area contributed by atoms with Gasteiger partial charge in [-0.2, -0.15) is 11.8 Å². The fraction of sp³-hybridized carbons (Fsp3) is 0.583. The molecule has 3 nitrogen and oxygen atoms in total. The number of amides is 1. The van der Waals surface area contributed by atoms with Crippen molar-refractivity contribution in [3.05, 3.63) is 21.3 Å². The summed E-state index contributed by atoms with van der Waals surface area (Å²) in [4.78, 5) is 12.9. The maximum absolute atomic E-state index is 12.0. The highest BCUT2D eigenvalue weighted by Gasteiger charge is 2.32. The Kier molecular flexibility index (Phi) is 4.59. The molecule has 6 heteroatoms. The molecular weight excluding hydrogens is 290 g/mol. The molecule has 100 valence electrons. The molecule has 2 unspecified atom stereocenters. The van der Waals surface area contributed by atoms with Crippen molar-refractivity contribution in [2.75, 3.05) is 18.1 Å². The lowest BCUT2D eigenvalue weighted by Gasteiger charge is -2.22. The quantitative estimate of drug-likeness (QED) is 0.898. The summed E-state index contributed by atoms with van der Waals surface area (Å²) in [6.45, 7) is 2.19. The summed E-state index contributed by atoms with van der Waals surface area (Å²) in [5.41, 5.74) is -0.729. The standard InChI is InChI=1S/C12H16ClNO2S2/c1-8(9-2-3-10(13)18-9)11(15)14-6-12(16)4-5-17-7-12/h2-3,8,16H,4-7H2,1H3,(H,14,15). The number of carbonyl (C=O) groups excluding carboxylic acids is 1. The number of thiophene rings is 1. The van der Waals surface area contributed by atoms with E-state index in [0.717, 1.165) is 17.1 Å². The van der Waals surface area contributed by atoms with E-state index in [9.17, 15) is 9.90 Å². The summed E-state index contributed by atoms with van der Waals surface area (Å²) < 4.78 is 0.690. The molecule has 0 bridgehead atoms. The molecule has 1 fully saturated rings. The molecule has 1 amide bonds. The van der Waals surface area contributed by atoms with Crippen LogP contribution in [0.25, 0.3) is 0 Å². The lowest BCUT2D eigenvalue weighted by atomic mass is 10.0. The van der Waals surface area contributed by atoms with Gasteiger partial charge in [-0.3, -0.25) is 4.79 Å². The highest BCUT2D eigenvalue weighted by Crippen LogP contribution is 2.29. The van der Waals surface area contributed by atoms with Gasteiger partial charge < -0.3 is 10.4 Å². The lowest BCUT2D eigenvalue weighted by molar-refractivity contribution is -0.123. The highest BCUT2D eigenvalue weighted by atomic mass is 35.5. The molecule has 18 heavy (non-hydrogen) atoms. The summed E-state index contributed by atoms with van der Waals surface area (Å²) in [5, 5.41) is 13.0. The molecular formula is C12H16ClNO2S2. The van der Waals surface area contributed by atoms with Crippen LogP contribution in [0.1, 0.15) is 24.1 Å². The van der Waals surface area contributed by atoms with Crippen molar-refractivity contribution >= 4 is 40.6 Å². The minimum absolute atomic E-state index is 0.0566. The maximum atomic E-state index is 12.0. The van der Waals surface area contributed by atoms with E-state index in [1.165, 1.54) is 11.3 Å². The number of hydrogen-bond acceptors (Lipinski definition) is 4. The van der Waals surface area contributed by atoms with Gasteiger partial charge in [-0.15, -0.1) is 11.3 Å². The SMILES string of the molecule is CC(C(=O)NCC1(O)CCSC1)c1ccc(Cl)s1. The Hall–Kier alpha value is -0.230. The Morgan fingerprint density at radius 1 is 1.67 bits per heavy atom. The van der Waals surface area contributed by atoms with Crippen molar-refractivity contribution in [2.24, 2.45) is 0 Å². The van der Waals surface area contributed by atoms with Gasteiger partial charge in [-0.1, -0.05) is 11.6 Å². The molecule has 1 saturated heterocycles. The first-order valence-corrected chi connectivity index (χ1v) is 8.18. The second kappa shape index (κ2) is 5.82. The van der Waals surface area contributed by atoms with Gasteiger partial charge in [0.05, 0.1) is 15.9 Å². The molecule has 0 aliphatic carbocycles. The van der Waals surface area contributed by atoms with E-state index in [4.69, 9.17) is 11.6 Å². The second-order valence-electron chi connectivity index (χ2n) is 4.61. The van der Waals surface area contributed by atoms with Crippen molar-refractivity contribution in [1.82, 2.24) is 5.32 Å². The molecule has 0 aromatic carbocycles. The first kappa shape index (κ1) is 14.2. The van der Waals surface area contributed by atoms with Crippen LogP contribution in [0.3, 0.4) is 0 Å². The zero-order chi connectivity index (χ0) is 13.2. The minimum Gasteiger partial charge on any atom is -0.387 e. The number of hydrogen-bond donors (Lipinski definition) is 2. The van der Waals surface area contributed by atoms with Gasteiger partial charge in [0.1, 0.15) is 0 Å². The van der Waals surface area contributed by atoms with Crippen molar-refractivity contribution < 1.29 is 9.90 Å². The molecule has 1 aliphatic rings. The van der Waals surface area contributed by atoms with Gasteiger partial charge in [0.15, 0.2) is 0 Å². The van der Waals surface area contributed by atoms with E-state index < -0.39 is 5.60 Å². The lowest BCUT2D eigenvalue weighted by Crippen LogP contribution is -2.44. The number of halogens is 1. The van der Waals surface area contributed by atoms with Crippen LogP contribution in [-0.4, -0.2) is 34.7 Å². The molecule has 0 saturated carbocycles. The van der Waals surface area contributed by atoms with Gasteiger partial charge >= 0.3 is 0 Å². The van der Waals surface area contributed by atoms with Crippen LogP contribution in [0, 0.1) is 0 Å². The van der Waals surface area contributed by atoms with Gasteiger partial charge in [0.2, 0.25) is 5.91 Å². The molecule has 2 atom stereocenters. The van der Waals surface area contributed by atoms with Crippen LogP contribution >= 0.6 is 34.7 Å². The average molecular weight is 306 g/mol. The first-order valence-electron chi connectivity index (χ1n) is 5.83. The Labute approximate surface area is 120 Å². The molecule has 2 N–H and O–H groups in total. The Bertz CT molecular complexity index is 429. The monoisotopic (exact) mass is 305 g/mol. The topological polar surface area (TPSA) is 49.3 Å². The summed E-state index contributed by atoms with van der Waals surface area (Å²) in [5.74, 6) is 1.38. The molecule has 0 spiro atoms. The summed E-state index contributed by atoms with van der Waals surface area (Å²) >= 11 is 9.00. The Morgan fingerprint density at radius 2 is 2.44 bits per heavy atom. The van der Waals surface area contributed by atoms with Crippen molar-refractivity contribution in [3.63, 3.8) is 0 Å². The summed E-state index contributed by atoms with van der Waals surface area (Å²) in [7, 11) is 0. The van der Waals surface area contributed by atoms with Crippen LogP contribution in [0.15, 0.2) is 12.1 Å². The predicted octanol–water partition coefficient (Wildman–Crippen LogP) is 2.49. The second-order valence-corrected chi connectivity index (χ2v) is 7.46. The third-order valence-corrected chi connectivity index (χ3v) is 5.74. The van der Waals surface area contributed by atoms with E-state index in [1.54, 1.807) is 17.8 Å². The molecule has 0 radical (unpaired) electrons. The van der Waals surface area contributed by atoms with E-state index in [2.05, 4.69) is 5.32 Å². The predicted molar refractivity (Wildman–Crippen MR) is 77.6 cm³/mol. The summed E-state index contributed by atoms with van der Waals surface area (Å²) in [6.07, 6.45) is 0.747. The highest BCUT2D eigenvalue weighted by molar-refractivity contribution is 7.99. The molecule has 1 aromatic rings. The fourth-order valence-corrected chi connectivity index (χ4v) is 4.24. The van der Waals surface area contributed by atoms with E-state index in [-0.39, 0.29) is 11.8 Å². The third-order valence-electron chi connectivity index (χ3n) is 3.09. The number of carbonyl (C=O) groups is 1. The van der Waals surface area contributed by atoms with Crippen LogP contribution in [0.2, 0.25) is 4.34 Å². The first-order chi connectivity index (χ1) is 8.50. The Morgan fingerprint density at radius 3 is 3.00 bits per heavy atom. The van der Waals surface area contributed by atoms with Crippen LogP contribution in [0.4, 0.5) is 0 Å². The third kappa shape index (κ3) is 3.41. The van der Waals surface area contributed by atoms with Gasteiger partial charge in [0, 0.05) is 17.2 Å². The number of aliphatic hydroxyl groups is 1.